The number of pyridine rings is 1. The Labute approximate surface area is 79.2 Å². The fourth-order valence-electron chi connectivity index (χ4n) is 1.20. The Kier molecular flexibility index (Phi) is 1.74. The van der Waals surface area contributed by atoms with Gasteiger partial charge in [-0.3, -0.25) is 0 Å². The largest absolute Gasteiger partial charge is 0.508 e. The first-order valence-corrected chi connectivity index (χ1v) is 4.02. The van der Waals surface area contributed by atoms with Crippen molar-refractivity contribution in [1.29, 1.82) is 0 Å². The van der Waals surface area contributed by atoms with Crippen LogP contribution in [0.5, 0.6) is 11.5 Å². The lowest BCUT2D eigenvalue weighted by atomic mass is 10.1. The topological polar surface area (TPSA) is 53.4 Å². The van der Waals surface area contributed by atoms with Crippen molar-refractivity contribution in [3.63, 3.8) is 0 Å². The third-order valence-electron chi connectivity index (χ3n) is 1.77. The molecule has 1 heterocycles. The van der Waals surface area contributed by atoms with Crippen molar-refractivity contribution in [3.8, 4) is 11.5 Å². The van der Waals surface area contributed by atoms with Gasteiger partial charge in [-0.15, -0.1) is 0 Å². The first kappa shape index (κ1) is 8.13. The van der Waals surface area contributed by atoms with Crippen molar-refractivity contribution >= 4 is 22.4 Å². The summed E-state index contributed by atoms with van der Waals surface area (Å²) >= 11 is 5.65. The maximum absolute atomic E-state index is 9.40. The van der Waals surface area contributed by atoms with Gasteiger partial charge in [0.05, 0.1) is 0 Å². The van der Waals surface area contributed by atoms with Gasteiger partial charge in [0.2, 0.25) is 0 Å². The van der Waals surface area contributed by atoms with Gasteiger partial charge in [0.1, 0.15) is 16.7 Å². The number of halogens is 1. The van der Waals surface area contributed by atoms with Crippen molar-refractivity contribution in [2.24, 2.45) is 0 Å². The smallest absolute Gasteiger partial charge is 0.129 e. The highest BCUT2D eigenvalue weighted by Gasteiger charge is 2.03. The lowest BCUT2D eigenvalue weighted by Gasteiger charge is -2.01. The summed E-state index contributed by atoms with van der Waals surface area (Å²) in [5.41, 5.74) is 0. The minimum atomic E-state index is -0.000772. The van der Waals surface area contributed by atoms with Crippen LogP contribution in [0.1, 0.15) is 0 Å². The van der Waals surface area contributed by atoms with Gasteiger partial charge in [-0.2, -0.15) is 0 Å². The number of aromatic nitrogens is 1. The van der Waals surface area contributed by atoms with Crippen LogP contribution in [0.3, 0.4) is 0 Å². The Hall–Kier alpha value is -1.48. The summed E-state index contributed by atoms with van der Waals surface area (Å²) in [5.74, 6) is 0.00596. The van der Waals surface area contributed by atoms with Crippen LogP contribution >= 0.6 is 11.6 Å². The molecule has 0 atom stereocenters. The number of hydrogen-bond donors (Lipinski definition) is 2. The fourth-order valence-corrected chi connectivity index (χ4v) is 1.36. The quantitative estimate of drug-likeness (QED) is 0.635. The van der Waals surface area contributed by atoms with Gasteiger partial charge in [-0.1, -0.05) is 11.6 Å². The van der Waals surface area contributed by atoms with Crippen LogP contribution in [0.15, 0.2) is 24.4 Å². The Balaban J connectivity index is 2.86. The molecule has 3 nitrogen and oxygen atoms in total. The van der Waals surface area contributed by atoms with E-state index in [-0.39, 0.29) is 11.5 Å². The van der Waals surface area contributed by atoms with Crippen molar-refractivity contribution in [3.05, 3.63) is 29.5 Å². The molecule has 13 heavy (non-hydrogen) atoms. The van der Waals surface area contributed by atoms with Crippen LogP contribution in [0.2, 0.25) is 5.15 Å². The number of benzene rings is 1. The van der Waals surface area contributed by atoms with Crippen molar-refractivity contribution < 1.29 is 10.2 Å². The summed E-state index contributed by atoms with van der Waals surface area (Å²) in [4.78, 5) is 3.82. The molecule has 0 aliphatic carbocycles. The predicted octanol–water partition coefficient (Wildman–Crippen LogP) is 2.30. The third kappa shape index (κ3) is 1.38. The number of phenols is 2. The number of fused-ring (bicyclic) bond motifs is 1. The highest BCUT2D eigenvalue weighted by Crippen LogP contribution is 2.29. The minimum Gasteiger partial charge on any atom is -0.508 e. The van der Waals surface area contributed by atoms with E-state index in [0.717, 1.165) is 0 Å². The van der Waals surface area contributed by atoms with Gasteiger partial charge in [-0.05, 0) is 17.5 Å². The molecule has 4 heteroatoms. The highest BCUT2D eigenvalue weighted by atomic mass is 35.5. The summed E-state index contributed by atoms with van der Waals surface area (Å²) in [6.07, 6.45) is 1.46. The van der Waals surface area contributed by atoms with E-state index in [1.807, 2.05) is 0 Å². The SMILES string of the molecule is Oc1cc(O)c2cnc(Cl)cc2c1. The van der Waals surface area contributed by atoms with Gasteiger partial charge >= 0.3 is 0 Å². The van der Waals surface area contributed by atoms with Gasteiger partial charge in [0.15, 0.2) is 0 Å². The van der Waals surface area contributed by atoms with E-state index >= 15 is 0 Å². The van der Waals surface area contributed by atoms with Gasteiger partial charge in [0, 0.05) is 17.6 Å². The molecule has 0 spiro atoms. The monoisotopic (exact) mass is 195 g/mol. The van der Waals surface area contributed by atoms with Crippen LogP contribution < -0.4 is 0 Å². The van der Waals surface area contributed by atoms with Crippen molar-refractivity contribution in [2.45, 2.75) is 0 Å². The summed E-state index contributed by atoms with van der Waals surface area (Å²) in [6, 6.07) is 4.36. The molecule has 0 unspecified atom stereocenters. The van der Waals surface area contributed by atoms with E-state index in [2.05, 4.69) is 4.98 Å². The van der Waals surface area contributed by atoms with Crippen molar-refractivity contribution in [1.82, 2.24) is 4.98 Å². The fraction of sp³-hybridized carbons (Fsp3) is 0. The Morgan fingerprint density at radius 2 is 1.92 bits per heavy atom. The summed E-state index contributed by atoms with van der Waals surface area (Å²) in [5, 5.41) is 20.1. The lowest BCUT2D eigenvalue weighted by molar-refractivity contribution is 0.455. The van der Waals surface area contributed by atoms with E-state index in [4.69, 9.17) is 11.6 Å². The zero-order chi connectivity index (χ0) is 9.42. The molecule has 0 radical (unpaired) electrons. The maximum Gasteiger partial charge on any atom is 0.129 e. The average Bonchev–Trinajstić information content (AvgIpc) is 2.02. The second kappa shape index (κ2) is 2.78. The van der Waals surface area contributed by atoms with E-state index in [0.29, 0.717) is 15.9 Å². The molecule has 66 valence electrons. The normalized spacial score (nSPS) is 10.5. The maximum atomic E-state index is 9.40. The van der Waals surface area contributed by atoms with E-state index in [1.54, 1.807) is 6.07 Å². The number of phenolic OH excluding ortho intramolecular Hbond substituents is 2. The van der Waals surface area contributed by atoms with Crippen LogP contribution in [0.25, 0.3) is 10.8 Å². The van der Waals surface area contributed by atoms with Gasteiger partial charge in [0.25, 0.3) is 0 Å². The summed E-state index contributed by atoms with van der Waals surface area (Å²) < 4.78 is 0. The Bertz CT molecular complexity index is 465. The molecule has 0 fully saturated rings. The first-order chi connectivity index (χ1) is 6.16. The molecule has 0 saturated heterocycles. The van der Waals surface area contributed by atoms with Crippen LogP contribution in [0, 0.1) is 0 Å². The molecule has 0 bridgehead atoms. The Morgan fingerprint density at radius 1 is 1.15 bits per heavy atom. The van der Waals surface area contributed by atoms with Crippen LogP contribution in [-0.4, -0.2) is 15.2 Å². The first-order valence-electron chi connectivity index (χ1n) is 3.64. The zero-order valence-electron chi connectivity index (χ0n) is 6.53. The number of nitrogens with zero attached hydrogens (tertiary/aromatic N) is 1. The molecule has 1 aromatic heterocycles. The number of hydrogen-bond acceptors (Lipinski definition) is 3. The zero-order valence-corrected chi connectivity index (χ0v) is 7.28. The molecule has 1 aromatic carbocycles. The molecular weight excluding hydrogens is 190 g/mol. The lowest BCUT2D eigenvalue weighted by Crippen LogP contribution is -1.78. The average molecular weight is 196 g/mol. The molecule has 0 saturated carbocycles. The predicted molar refractivity (Wildman–Crippen MR) is 50.1 cm³/mol. The molecule has 2 N–H and O–H groups in total. The second-order valence-corrected chi connectivity index (χ2v) is 3.08. The highest BCUT2D eigenvalue weighted by molar-refractivity contribution is 6.30. The molecule has 0 aliphatic rings. The Morgan fingerprint density at radius 3 is 2.69 bits per heavy atom. The minimum absolute atomic E-state index is 0.000772. The van der Waals surface area contributed by atoms with E-state index < -0.39 is 0 Å². The second-order valence-electron chi connectivity index (χ2n) is 2.69. The third-order valence-corrected chi connectivity index (χ3v) is 1.97. The van der Waals surface area contributed by atoms with Crippen molar-refractivity contribution in [2.75, 3.05) is 0 Å². The van der Waals surface area contributed by atoms with E-state index in [1.165, 1.54) is 18.3 Å². The van der Waals surface area contributed by atoms with Gasteiger partial charge < -0.3 is 10.2 Å². The summed E-state index contributed by atoms with van der Waals surface area (Å²) in [6.45, 7) is 0. The standard InChI is InChI=1S/C9H6ClNO2/c10-9-2-5-1-6(12)3-8(13)7(5)4-11-9/h1-4,12-13H. The molecule has 0 amide bonds. The van der Waals surface area contributed by atoms with Gasteiger partial charge in [-0.25, -0.2) is 4.98 Å². The number of rotatable bonds is 0. The van der Waals surface area contributed by atoms with E-state index in [9.17, 15) is 10.2 Å². The number of aromatic hydroxyl groups is 2. The molecule has 2 rings (SSSR count). The van der Waals surface area contributed by atoms with Crippen LogP contribution in [-0.2, 0) is 0 Å². The van der Waals surface area contributed by atoms with Crippen LogP contribution in [0.4, 0.5) is 0 Å². The molecule has 2 aromatic rings. The molecular formula is C9H6ClNO2. The summed E-state index contributed by atoms with van der Waals surface area (Å²) in [7, 11) is 0. The molecule has 0 aliphatic heterocycles.